The van der Waals surface area contributed by atoms with E-state index in [2.05, 4.69) is 5.32 Å². The molecule has 100 valence electrons. The van der Waals surface area contributed by atoms with E-state index in [9.17, 15) is 9.90 Å². The highest BCUT2D eigenvalue weighted by atomic mass is 16.5. The molecule has 0 spiro atoms. The lowest BCUT2D eigenvalue weighted by molar-refractivity contribution is -0.155. The number of anilines is 1. The van der Waals surface area contributed by atoms with Crippen molar-refractivity contribution in [1.82, 2.24) is 0 Å². The highest BCUT2D eigenvalue weighted by Gasteiger charge is 2.29. The van der Waals surface area contributed by atoms with Crippen LogP contribution in [0, 0.1) is 0 Å². The van der Waals surface area contributed by atoms with Crippen LogP contribution in [0.1, 0.15) is 12.5 Å². The molecule has 0 radical (unpaired) electrons. The smallest absolute Gasteiger partial charge is 0.337 e. The van der Waals surface area contributed by atoms with E-state index in [4.69, 9.17) is 9.84 Å². The predicted octanol–water partition coefficient (Wildman–Crippen LogP) is 1.12. The van der Waals surface area contributed by atoms with Gasteiger partial charge >= 0.3 is 5.97 Å². The van der Waals surface area contributed by atoms with Crippen LogP contribution in [0.3, 0.4) is 0 Å². The summed E-state index contributed by atoms with van der Waals surface area (Å²) in [6.07, 6.45) is 0.731. The van der Waals surface area contributed by atoms with Crippen molar-refractivity contribution in [2.24, 2.45) is 0 Å². The lowest BCUT2D eigenvalue weighted by atomic mass is 10.1. The van der Waals surface area contributed by atoms with E-state index in [1.807, 2.05) is 24.3 Å². The molecule has 1 aromatic rings. The number of carbonyl (C=O) groups is 1. The largest absolute Gasteiger partial charge is 0.479 e. The first-order valence-electron chi connectivity index (χ1n) is 5.74. The van der Waals surface area contributed by atoms with Crippen LogP contribution in [0.5, 0.6) is 0 Å². The third-order valence-electron chi connectivity index (χ3n) is 2.68. The van der Waals surface area contributed by atoms with Gasteiger partial charge in [-0.3, -0.25) is 0 Å². The molecule has 0 aliphatic carbocycles. The molecule has 0 aliphatic heterocycles. The number of carboxylic acids is 1. The highest BCUT2D eigenvalue weighted by Crippen LogP contribution is 2.17. The normalized spacial score (nSPS) is 13.9. The minimum Gasteiger partial charge on any atom is -0.479 e. The van der Waals surface area contributed by atoms with E-state index in [0.717, 1.165) is 17.7 Å². The van der Waals surface area contributed by atoms with Crippen LogP contribution in [0.2, 0.25) is 0 Å². The van der Waals surface area contributed by atoms with Crippen LogP contribution in [0.15, 0.2) is 24.3 Å². The Morgan fingerprint density at radius 3 is 2.72 bits per heavy atom. The minimum absolute atomic E-state index is 0.0493. The summed E-state index contributed by atoms with van der Waals surface area (Å²) in [4.78, 5) is 10.8. The number of ether oxygens (including phenoxy) is 1. The molecule has 5 nitrogen and oxygen atoms in total. The van der Waals surface area contributed by atoms with Crippen molar-refractivity contribution in [3.8, 4) is 0 Å². The molecular weight excluding hydrogens is 234 g/mol. The number of methoxy groups -OCH3 is 1. The van der Waals surface area contributed by atoms with E-state index in [0.29, 0.717) is 6.61 Å². The van der Waals surface area contributed by atoms with Crippen molar-refractivity contribution in [1.29, 1.82) is 0 Å². The molecule has 0 aliphatic rings. The summed E-state index contributed by atoms with van der Waals surface area (Å²) in [7, 11) is 1.63. The lowest BCUT2D eigenvalue weighted by Crippen LogP contribution is -2.41. The molecule has 1 atom stereocenters. The maximum atomic E-state index is 10.8. The first-order chi connectivity index (χ1) is 8.47. The summed E-state index contributed by atoms with van der Waals surface area (Å²) in [5.74, 6) is -1.25. The van der Waals surface area contributed by atoms with Crippen molar-refractivity contribution < 1.29 is 19.7 Å². The quantitative estimate of drug-likeness (QED) is 0.678. The van der Waals surface area contributed by atoms with E-state index < -0.39 is 11.6 Å². The molecule has 0 amide bonds. The highest BCUT2D eigenvalue weighted by molar-refractivity contribution is 5.77. The predicted molar refractivity (Wildman–Crippen MR) is 68.8 cm³/mol. The average molecular weight is 253 g/mol. The number of carboxylic acid groups (broad SMARTS) is 1. The number of para-hydroxylation sites is 1. The Labute approximate surface area is 106 Å². The maximum absolute atomic E-state index is 10.8. The van der Waals surface area contributed by atoms with Crippen molar-refractivity contribution >= 4 is 11.7 Å². The fraction of sp³-hybridized carbons (Fsp3) is 0.462. The number of nitrogens with one attached hydrogen (secondary N) is 1. The van der Waals surface area contributed by atoms with Crippen LogP contribution >= 0.6 is 0 Å². The topological polar surface area (TPSA) is 78.8 Å². The minimum atomic E-state index is -1.78. The first kappa shape index (κ1) is 14.5. The monoisotopic (exact) mass is 253 g/mol. The second kappa shape index (κ2) is 6.37. The summed E-state index contributed by atoms with van der Waals surface area (Å²) in [6, 6.07) is 7.55. The number of aliphatic carboxylic acids is 1. The molecule has 0 fully saturated rings. The van der Waals surface area contributed by atoms with Crippen molar-refractivity contribution in [2.45, 2.75) is 18.9 Å². The van der Waals surface area contributed by atoms with Crippen molar-refractivity contribution in [2.75, 3.05) is 25.6 Å². The van der Waals surface area contributed by atoms with E-state index in [1.54, 1.807) is 7.11 Å². The van der Waals surface area contributed by atoms with Crippen LogP contribution in [0.4, 0.5) is 5.69 Å². The third kappa shape index (κ3) is 4.01. The van der Waals surface area contributed by atoms with Crippen LogP contribution in [0.25, 0.3) is 0 Å². The zero-order valence-electron chi connectivity index (χ0n) is 10.6. The molecular formula is C13H19NO4. The standard InChI is InChI=1S/C13H19NO4/c1-13(17,12(15)16)9-14-11-6-4-3-5-10(11)7-8-18-2/h3-6,14,17H,7-9H2,1-2H3,(H,15,16). The fourth-order valence-corrected chi connectivity index (χ4v) is 1.47. The fourth-order valence-electron chi connectivity index (χ4n) is 1.47. The molecule has 0 bridgehead atoms. The Bertz CT molecular complexity index is 404. The van der Waals surface area contributed by atoms with Gasteiger partial charge in [-0.2, -0.15) is 0 Å². The van der Waals surface area contributed by atoms with Gasteiger partial charge in [-0.15, -0.1) is 0 Å². The molecule has 5 heteroatoms. The average Bonchev–Trinajstić information content (AvgIpc) is 2.34. The molecule has 0 saturated carbocycles. The van der Waals surface area contributed by atoms with Gasteiger partial charge in [-0.25, -0.2) is 4.79 Å². The SMILES string of the molecule is COCCc1ccccc1NCC(C)(O)C(=O)O. The number of aliphatic hydroxyl groups is 1. The van der Waals surface area contributed by atoms with Gasteiger partial charge < -0.3 is 20.3 Å². The molecule has 3 N–H and O–H groups in total. The molecule has 0 saturated heterocycles. The van der Waals surface area contributed by atoms with Gasteiger partial charge in [-0.1, -0.05) is 18.2 Å². The number of hydrogen-bond donors (Lipinski definition) is 3. The number of rotatable bonds is 7. The Kier molecular flexibility index (Phi) is 5.12. The van der Waals surface area contributed by atoms with Gasteiger partial charge in [0, 0.05) is 12.8 Å². The second-order valence-corrected chi connectivity index (χ2v) is 4.33. The summed E-state index contributed by atoms with van der Waals surface area (Å²) >= 11 is 0. The summed E-state index contributed by atoms with van der Waals surface area (Å²) in [6.45, 7) is 1.81. The lowest BCUT2D eigenvalue weighted by Gasteiger charge is -2.20. The molecule has 18 heavy (non-hydrogen) atoms. The Morgan fingerprint density at radius 1 is 1.44 bits per heavy atom. The van der Waals surface area contributed by atoms with E-state index in [1.165, 1.54) is 6.92 Å². The Morgan fingerprint density at radius 2 is 2.11 bits per heavy atom. The maximum Gasteiger partial charge on any atom is 0.337 e. The molecule has 1 rings (SSSR count). The van der Waals surface area contributed by atoms with Gasteiger partial charge in [0.1, 0.15) is 0 Å². The molecule has 1 aromatic carbocycles. The Balaban J connectivity index is 2.69. The second-order valence-electron chi connectivity index (χ2n) is 4.33. The van der Waals surface area contributed by atoms with E-state index in [-0.39, 0.29) is 6.54 Å². The van der Waals surface area contributed by atoms with Gasteiger partial charge in [-0.05, 0) is 25.0 Å². The van der Waals surface area contributed by atoms with Crippen LogP contribution in [-0.4, -0.2) is 42.0 Å². The third-order valence-corrected chi connectivity index (χ3v) is 2.68. The summed E-state index contributed by atoms with van der Waals surface area (Å²) in [5.41, 5.74) is 0.0607. The van der Waals surface area contributed by atoms with E-state index >= 15 is 0 Å². The van der Waals surface area contributed by atoms with Gasteiger partial charge in [0.15, 0.2) is 5.60 Å². The summed E-state index contributed by atoms with van der Waals surface area (Å²) < 4.78 is 5.01. The van der Waals surface area contributed by atoms with Crippen molar-refractivity contribution in [3.63, 3.8) is 0 Å². The van der Waals surface area contributed by atoms with Crippen LogP contribution in [-0.2, 0) is 16.0 Å². The first-order valence-corrected chi connectivity index (χ1v) is 5.74. The van der Waals surface area contributed by atoms with Gasteiger partial charge in [0.05, 0.1) is 13.2 Å². The number of hydrogen-bond acceptors (Lipinski definition) is 4. The summed E-state index contributed by atoms with van der Waals surface area (Å²) in [5, 5.41) is 21.4. The molecule has 0 aromatic heterocycles. The molecule has 0 heterocycles. The Hall–Kier alpha value is -1.59. The van der Waals surface area contributed by atoms with Gasteiger partial charge in [0.25, 0.3) is 0 Å². The van der Waals surface area contributed by atoms with Crippen molar-refractivity contribution in [3.05, 3.63) is 29.8 Å². The van der Waals surface area contributed by atoms with Crippen LogP contribution < -0.4 is 5.32 Å². The zero-order chi connectivity index (χ0) is 13.6. The zero-order valence-corrected chi connectivity index (χ0v) is 10.6. The number of benzene rings is 1. The molecule has 1 unspecified atom stereocenters. The van der Waals surface area contributed by atoms with Gasteiger partial charge in [0.2, 0.25) is 0 Å².